The van der Waals surface area contributed by atoms with Crippen LogP contribution in [0.4, 0.5) is 11.9 Å². The fraction of sp³-hybridized carbons (Fsp3) is 0.0667. The highest BCUT2D eigenvalue weighted by Gasteiger charge is 2.02. The minimum Gasteiger partial charge on any atom is -0.497 e. The van der Waals surface area contributed by atoms with E-state index in [4.69, 9.17) is 4.74 Å². The molecule has 0 bridgehead atoms. The Morgan fingerprint density at radius 1 is 0.810 bits per heavy atom. The number of nitrogens with zero attached hydrogens (tertiary/aromatic N) is 4. The Bertz CT molecular complexity index is 698. The number of nitrogens with one attached hydrogen (secondary N) is 1. The second kappa shape index (κ2) is 5.96. The van der Waals surface area contributed by atoms with Crippen molar-refractivity contribution < 1.29 is 4.74 Å². The lowest BCUT2D eigenvalue weighted by atomic mass is 10.1. The van der Waals surface area contributed by atoms with Gasteiger partial charge in [-0.25, -0.2) is 19.9 Å². The number of methoxy groups -OCH3 is 1. The summed E-state index contributed by atoms with van der Waals surface area (Å²) in [7, 11) is 1.64. The molecule has 0 aliphatic rings. The van der Waals surface area contributed by atoms with E-state index in [2.05, 4.69) is 25.3 Å². The zero-order valence-corrected chi connectivity index (χ0v) is 11.4. The fourth-order valence-electron chi connectivity index (χ4n) is 1.79. The summed E-state index contributed by atoms with van der Waals surface area (Å²) in [5.41, 5.74) is 1.95. The van der Waals surface area contributed by atoms with Gasteiger partial charge in [0.25, 0.3) is 0 Å². The molecular formula is C15H13N5O. The van der Waals surface area contributed by atoms with Crippen LogP contribution in [-0.2, 0) is 0 Å². The number of hydrogen-bond acceptors (Lipinski definition) is 6. The maximum Gasteiger partial charge on any atom is 0.229 e. The molecule has 0 saturated carbocycles. The topological polar surface area (TPSA) is 72.8 Å². The van der Waals surface area contributed by atoms with Gasteiger partial charge in [-0.1, -0.05) is 12.1 Å². The molecule has 0 saturated heterocycles. The Morgan fingerprint density at radius 3 is 2.05 bits per heavy atom. The highest BCUT2D eigenvalue weighted by molar-refractivity contribution is 5.63. The first kappa shape index (κ1) is 13.0. The van der Waals surface area contributed by atoms with E-state index in [1.54, 1.807) is 38.0 Å². The van der Waals surface area contributed by atoms with E-state index in [1.807, 2.05) is 24.3 Å². The van der Waals surface area contributed by atoms with Crippen molar-refractivity contribution >= 4 is 11.9 Å². The maximum absolute atomic E-state index is 5.14. The third kappa shape index (κ3) is 3.11. The smallest absolute Gasteiger partial charge is 0.229 e. The Hall–Kier alpha value is -3.02. The van der Waals surface area contributed by atoms with Gasteiger partial charge < -0.3 is 4.74 Å². The minimum atomic E-state index is 0.457. The van der Waals surface area contributed by atoms with Gasteiger partial charge in [0.15, 0.2) is 0 Å². The lowest BCUT2D eigenvalue weighted by molar-refractivity contribution is 0.415. The maximum atomic E-state index is 5.14. The van der Waals surface area contributed by atoms with Crippen LogP contribution in [0.2, 0.25) is 0 Å². The number of rotatable bonds is 4. The highest BCUT2D eigenvalue weighted by atomic mass is 16.5. The van der Waals surface area contributed by atoms with E-state index in [-0.39, 0.29) is 0 Å². The van der Waals surface area contributed by atoms with E-state index in [9.17, 15) is 0 Å². The van der Waals surface area contributed by atoms with Gasteiger partial charge in [-0.2, -0.15) is 0 Å². The van der Waals surface area contributed by atoms with E-state index in [0.717, 1.165) is 16.9 Å². The zero-order chi connectivity index (χ0) is 14.5. The summed E-state index contributed by atoms with van der Waals surface area (Å²) < 4.78 is 5.14. The Morgan fingerprint density at radius 2 is 1.43 bits per heavy atom. The molecule has 0 spiro atoms. The third-order valence-electron chi connectivity index (χ3n) is 2.86. The number of anilines is 2. The lowest BCUT2D eigenvalue weighted by Crippen LogP contribution is -2.00. The Kier molecular flexibility index (Phi) is 3.68. The first-order valence-electron chi connectivity index (χ1n) is 6.35. The van der Waals surface area contributed by atoms with Crippen molar-refractivity contribution in [2.45, 2.75) is 0 Å². The molecule has 6 heteroatoms. The first-order chi connectivity index (χ1) is 10.3. The van der Waals surface area contributed by atoms with Gasteiger partial charge in [-0.05, 0) is 23.8 Å². The second-order valence-corrected chi connectivity index (χ2v) is 4.22. The SMILES string of the molecule is COc1ccc(-c2cnc(Nc3ncccn3)nc2)cc1. The van der Waals surface area contributed by atoms with E-state index >= 15 is 0 Å². The number of hydrogen-bond donors (Lipinski definition) is 1. The van der Waals surface area contributed by atoms with E-state index < -0.39 is 0 Å². The van der Waals surface area contributed by atoms with Crippen LogP contribution in [0, 0.1) is 0 Å². The monoisotopic (exact) mass is 279 g/mol. The van der Waals surface area contributed by atoms with Crippen molar-refractivity contribution in [2.24, 2.45) is 0 Å². The lowest BCUT2D eigenvalue weighted by Gasteiger charge is -2.05. The van der Waals surface area contributed by atoms with E-state index in [1.165, 1.54) is 0 Å². The zero-order valence-electron chi connectivity index (χ0n) is 11.4. The molecule has 104 valence electrons. The van der Waals surface area contributed by atoms with Gasteiger partial charge in [-0.15, -0.1) is 0 Å². The minimum absolute atomic E-state index is 0.457. The third-order valence-corrected chi connectivity index (χ3v) is 2.86. The van der Waals surface area contributed by atoms with Gasteiger partial charge in [0.1, 0.15) is 5.75 Å². The standard InChI is InChI=1S/C15H13N5O/c1-21-13-5-3-11(4-6-13)12-9-18-15(19-10-12)20-14-16-7-2-8-17-14/h2-10H,1H3,(H,16,17,18,19,20). The molecule has 1 aromatic carbocycles. The van der Waals surface area contributed by atoms with Crippen molar-refractivity contribution in [3.05, 3.63) is 55.1 Å². The molecule has 6 nitrogen and oxygen atoms in total. The van der Waals surface area contributed by atoms with Crippen molar-refractivity contribution in [2.75, 3.05) is 12.4 Å². The summed E-state index contributed by atoms with van der Waals surface area (Å²) in [6.45, 7) is 0. The summed E-state index contributed by atoms with van der Waals surface area (Å²) in [5.74, 6) is 1.74. The van der Waals surface area contributed by atoms with Crippen LogP contribution in [-0.4, -0.2) is 27.0 Å². The molecule has 0 unspecified atom stereocenters. The summed E-state index contributed by atoms with van der Waals surface area (Å²) in [5, 5.41) is 2.94. The molecule has 2 heterocycles. The van der Waals surface area contributed by atoms with Crippen molar-refractivity contribution in [1.82, 2.24) is 19.9 Å². The molecule has 0 fully saturated rings. The van der Waals surface area contributed by atoms with Crippen LogP contribution in [0.25, 0.3) is 11.1 Å². The second-order valence-electron chi connectivity index (χ2n) is 4.22. The van der Waals surface area contributed by atoms with Crippen LogP contribution in [0.15, 0.2) is 55.1 Å². The average molecular weight is 279 g/mol. The predicted octanol–water partition coefficient (Wildman–Crippen LogP) is 2.69. The summed E-state index contributed by atoms with van der Waals surface area (Å²) in [4.78, 5) is 16.6. The molecule has 0 aliphatic heterocycles. The summed E-state index contributed by atoms with van der Waals surface area (Å²) in [6, 6.07) is 9.48. The van der Waals surface area contributed by atoms with Crippen LogP contribution in [0.5, 0.6) is 5.75 Å². The van der Waals surface area contributed by atoms with Gasteiger partial charge >= 0.3 is 0 Å². The Labute approximate surface area is 121 Å². The first-order valence-corrected chi connectivity index (χ1v) is 6.35. The molecule has 0 radical (unpaired) electrons. The molecule has 1 N–H and O–H groups in total. The van der Waals surface area contributed by atoms with Crippen molar-refractivity contribution in [3.63, 3.8) is 0 Å². The van der Waals surface area contributed by atoms with Crippen LogP contribution >= 0.6 is 0 Å². The normalized spacial score (nSPS) is 10.1. The Balaban J connectivity index is 1.77. The number of aromatic nitrogens is 4. The molecule has 3 rings (SSSR count). The largest absolute Gasteiger partial charge is 0.497 e. The number of benzene rings is 1. The van der Waals surface area contributed by atoms with Gasteiger partial charge in [0.05, 0.1) is 7.11 Å². The van der Waals surface area contributed by atoms with Gasteiger partial charge in [-0.3, -0.25) is 5.32 Å². The predicted molar refractivity (Wildman–Crippen MR) is 79.3 cm³/mol. The molecule has 0 atom stereocenters. The average Bonchev–Trinajstić information content (AvgIpc) is 2.57. The van der Waals surface area contributed by atoms with Crippen LogP contribution in [0.1, 0.15) is 0 Å². The van der Waals surface area contributed by atoms with Crippen molar-refractivity contribution in [1.29, 1.82) is 0 Å². The summed E-state index contributed by atoms with van der Waals surface area (Å²) in [6.07, 6.45) is 6.81. The number of ether oxygens (including phenoxy) is 1. The van der Waals surface area contributed by atoms with Crippen molar-refractivity contribution in [3.8, 4) is 16.9 Å². The summed E-state index contributed by atoms with van der Waals surface area (Å²) >= 11 is 0. The van der Waals surface area contributed by atoms with Crippen LogP contribution in [0.3, 0.4) is 0 Å². The fourth-order valence-corrected chi connectivity index (χ4v) is 1.79. The molecule has 0 aliphatic carbocycles. The molecule has 21 heavy (non-hydrogen) atoms. The molecular weight excluding hydrogens is 266 g/mol. The van der Waals surface area contributed by atoms with E-state index in [0.29, 0.717) is 11.9 Å². The van der Waals surface area contributed by atoms with Crippen LogP contribution < -0.4 is 10.1 Å². The van der Waals surface area contributed by atoms with Gasteiger partial charge in [0, 0.05) is 30.4 Å². The highest BCUT2D eigenvalue weighted by Crippen LogP contribution is 2.21. The molecule has 0 amide bonds. The molecule has 3 aromatic rings. The molecule has 2 aromatic heterocycles. The van der Waals surface area contributed by atoms with Gasteiger partial charge in [0.2, 0.25) is 11.9 Å². The quantitative estimate of drug-likeness (QED) is 0.791.